The summed E-state index contributed by atoms with van der Waals surface area (Å²) in [6.45, 7) is 7.21. The van der Waals surface area contributed by atoms with Crippen LogP contribution >= 0.6 is 36.2 Å². The van der Waals surface area contributed by atoms with E-state index < -0.39 is 10.0 Å². The number of ether oxygens (including phenoxy) is 1. The highest BCUT2D eigenvalue weighted by Gasteiger charge is 2.32. The van der Waals surface area contributed by atoms with E-state index in [1.807, 2.05) is 5.38 Å². The zero-order valence-electron chi connectivity index (χ0n) is 13.6. The van der Waals surface area contributed by atoms with Crippen LogP contribution in [0.1, 0.15) is 6.92 Å². The third kappa shape index (κ3) is 5.04. The molecule has 1 aromatic rings. The van der Waals surface area contributed by atoms with Gasteiger partial charge in [-0.2, -0.15) is 4.31 Å². The first-order valence-electron chi connectivity index (χ1n) is 7.66. The quantitative estimate of drug-likeness (QED) is 0.798. The summed E-state index contributed by atoms with van der Waals surface area (Å²) in [5.74, 6) is 0. The summed E-state index contributed by atoms with van der Waals surface area (Å²) in [5.41, 5.74) is 0. The van der Waals surface area contributed by atoms with Gasteiger partial charge >= 0.3 is 0 Å². The minimum Gasteiger partial charge on any atom is -0.379 e. The van der Waals surface area contributed by atoms with Gasteiger partial charge in [0, 0.05) is 44.8 Å². The highest BCUT2D eigenvalue weighted by atomic mass is 35.5. The molecule has 2 aliphatic heterocycles. The molecule has 2 saturated heterocycles. The molecule has 1 aromatic heterocycles. The molecule has 0 radical (unpaired) electrons. The monoisotopic (exact) mass is 417 g/mol. The second kappa shape index (κ2) is 9.68. The van der Waals surface area contributed by atoms with Crippen LogP contribution in [0.2, 0.25) is 0 Å². The molecule has 140 valence electrons. The number of halogens is 2. The summed E-state index contributed by atoms with van der Waals surface area (Å²) in [5, 5.41) is 5.26. The van der Waals surface area contributed by atoms with Crippen LogP contribution < -0.4 is 5.32 Å². The molecule has 6 nitrogen and oxygen atoms in total. The molecule has 0 unspecified atom stereocenters. The molecule has 0 spiro atoms. The highest BCUT2D eigenvalue weighted by molar-refractivity contribution is 7.91. The van der Waals surface area contributed by atoms with Crippen LogP contribution in [0.5, 0.6) is 0 Å². The van der Waals surface area contributed by atoms with Crippen LogP contribution in [-0.2, 0) is 14.8 Å². The fraction of sp³-hybridized carbons (Fsp3) is 0.714. The highest BCUT2D eigenvalue weighted by Crippen LogP contribution is 2.22. The molecule has 0 amide bonds. The molecule has 0 saturated carbocycles. The molecular weight excluding hydrogens is 393 g/mol. The number of sulfonamides is 1. The van der Waals surface area contributed by atoms with Crippen molar-refractivity contribution in [3.05, 3.63) is 17.5 Å². The molecular formula is C14H25Cl2N3O3S2. The van der Waals surface area contributed by atoms with Crippen LogP contribution in [0.4, 0.5) is 0 Å². The van der Waals surface area contributed by atoms with Gasteiger partial charge in [0.2, 0.25) is 0 Å². The van der Waals surface area contributed by atoms with E-state index in [0.29, 0.717) is 29.9 Å². The van der Waals surface area contributed by atoms with Gasteiger partial charge in [-0.3, -0.25) is 4.90 Å². The first kappa shape index (κ1) is 22.1. The maximum absolute atomic E-state index is 12.6. The van der Waals surface area contributed by atoms with Crippen molar-refractivity contribution in [1.82, 2.24) is 14.5 Å². The zero-order valence-corrected chi connectivity index (χ0v) is 16.9. The van der Waals surface area contributed by atoms with E-state index in [-0.39, 0.29) is 30.9 Å². The topological polar surface area (TPSA) is 61.9 Å². The minimum absolute atomic E-state index is 0. The number of nitrogens with one attached hydrogen (secondary N) is 1. The van der Waals surface area contributed by atoms with Crippen molar-refractivity contribution < 1.29 is 13.2 Å². The Morgan fingerprint density at radius 1 is 1.38 bits per heavy atom. The number of nitrogens with zero attached hydrogens (tertiary/aromatic N) is 2. The Kier molecular flexibility index (Phi) is 8.92. The number of morpholine rings is 1. The van der Waals surface area contributed by atoms with Gasteiger partial charge in [0.05, 0.1) is 13.2 Å². The van der Waals surface area contributed by atoms with Gasteiger partial charge in [-0.25, -0.2) is 8.42 Å². The minimum atomic E-state index is -3.34. The summed E-state index contributed by atoms with van der Waals surface area (Å²) in [6.07, 6.45) is 0. The summed E-state index contributed by atoms with van der Waals surface area (Å²) >= 11 is 1.28. The van der Waals surface area contributed by atoms with Gasteiger partial charge in [-0.05, 0) is 18.4 Å². The van der Waals surface area contributed by atoms with Crippen molar-refractivity contribution in [2.45, 2.75) is 23.2 Å². The smallest absolute Gasteiger partial charge is 0.252 e. The van der Waals surface area contributed by atoms with Gasteiger partial charge in [0.15, 0.2) is 0 Å². The predicted octanol–water partition coefficient (Wildman–Crippen LogP) is 1.27. The maximum Gasteiger partial charge on any atom is 0.252 e. The number of piperazine rings is 1. The molecule has 10 heteroatoms. The van der Waals surface area contributed by atoms with Crippen LogP contribution in [0.3, 0.4) is 0 Å². The van der Waals surface area contributed by atoms with Crippen LogP contribution in [0.15, 0.2) is 21.7 Å². The molecule has 24 heavy (non-hydrogen) atoms. The van der Waals surface area contributed by atoms with Crippen LogP contribution in [-0.4, -0.2) is 75.6 Å². The standard InChI is InChI=1S/C14H23N3O3S2.2ClH/c1-12-11-20-7-6-16(12)9-13-10-17(5-4-15-13)22(18,19)14-3-2-8-21-14;;/h2-3,8,12-13,15H,4-7,9-11H2,1H3;2*1H/t12-,13-;;/m0../s1. The second-order valence-electron chi connectivity index (χ2n) is 5.87. The molecule has 0 aromatic carbocycles. The first-order chi connectivity index (χ1) is 10.6. The molecule has 2 fully saturated rings. The van der Waals surface area contributed by atoms with Crippen molar-refractivity contribution in [2.75, 3.05) is 45.9 Å². The Hall–Kier alpha value is 0.0700. The van der Waals surface area contributed by atoms with E-state index in [1.54, 1.807) is 16.4 Å². The largest absolute Gasteiger partial charge is 0.379 e. The Bertz CT molecular complexity index is 586. The maximum atomic E-state index is 12.6. The Labute approximate surface area is 160 Å². The number of hydrogen-bond acceptors (Lipinski definition) is 6. The lowest BCUT2D eigenvalue weighted by Gasteiger charge is -2.39. The van der Waals surface area contributed by atoms with E-state index in [9.17, 15) is 8.42 Å². The average Bonchev–Trinajstić information content (AvgIpc) is 3.05. The molecule has 1 N–H and O–H groups in total. The fourth-order valence-electron chi connectivity index (χ4n) is 2.99. The van der Waals surface area contributed by atoms with E-state index in [2.05, 4.69) is 17.1 Å². The van der Waals surface area contributed by atoms with Gasteiger partial charge in [0.1, 0.15) is 4.21 Å². The van der Waals surface area contributed by atoms with Gasteiger partial charge in [-0.1, -0.05) is 6.07 Å². The fourth-order valence-corrected chi connectivity index (χ4v) is 5.62. The SMILES string of the molecule is C[C@H]1COCCN1C[C@H]1CN(S(=O)(=O)c2cccs2)CCN1.Cl.Cl. The van der Waals surface area contributed by atoms with E-state index in [4.69, 9.17) is 4.74 Å². The van der Waals surface area contributed by atoms with Gasteiger partial charge in [0.25, 0.3) is 10.0 Å². The predicted molar refractivity (Wildman–Crippen MR) is 101 cm³/mol. The number of rotatable bonds is 4. The molecule has 2 atom stereocenters. The molecule has 2 aliphatic rings. The van der Waals surface area contributed by atoms with E-state index in [1.165, 1.54) is 11.3 Å². The normalized spacial score (nSPS) is 26.4. The van der Waals surface area contributed by atoms with Crippen molar-refractivity contribution >= 4 is 46.2 Å². The Balaban J connectivity index is 0.00000144. The third-order valence-electron chi connectivity index (χ3n) is 4.27. The van der Waals surface area contributed by atoms with Crippen molar-refractivity contribution in [3.8, 4) is 0 Å². The van der Waals surface area contributed by atoms with E-state index in [0.717, 1.165) is 26.3 Å². The van der Waals surface area contributed by atoms with Crippen LogP contribution in [0, 0.1) is 0 Å². The van der Waals surface area contributed by atoms with Gasteiger partial charge < -0.3 is 10.1 Å². The summed E-state index contributed by atoms with van der Waals surface area (Å²) in [4.78, 5) is 2.38. The summed E-state index contributed by atoms with van der Waals surface area (Å²) in [6, 6.07) is 4.03. The molecule has 3 heterocycles. The first-order valence-corrected chi connectivity index (χ1v) is 9.98. The lowest BCUT2D eigenvalue weighted by atomic mass is 10.2. The third-order valence-corrected chi connectivity index (χ3v) is 7.51. The van der Waals surface area contributed by atoms with E-state index >= 15 is 0 Å². The Morgan fingerprint density at radius 3 is 2.83 bits per heavy atom. The number of hydrogen-bond donors (Lipinski definition) is 1. The van der Waals surface area contributed by atoms with Crippen molar-refractivity contribution in [1.29, 1.82) is 0 Å². The average molecular weight is 418 g/mol. The Morgan fingerprint density at radius 2 is 2.17 bits per heavy atom. The zero-order chi connectivity index (χ0) is 15.6. The summed E-state index contributed by atoms with van der Waals surface area (Å²) in [7, 11) is -3.34. The summed E-state index contributed by atoms with van der Waals surface area (Å²) < 4.78 is 32.8. The molecule has 0 bridgehead atoms. The lowest BCUT2D eigenvalue weighted by Crippen LogP contribution is -2.58. The molecule has 0 aliphatic carbocycles. The van der Waals surface area contributed by atoms with Gasteiger partial charge in [-0.15, -0.1) is 36.2 Å². The molecule has 3 rings (SSSR count). The number of thiophene rings is 1. The lowest BCUT2D eigenvalue weighted by molar-refractivity contribution is -0.00616. The van der Waals surface area contributed by atoms with Crippen LogP contribution in [0.25, 0.3) is 0 Å². The van der Waals surface area contributed by atoms with Crippen molar-refractivity contribution in [2.24, 2.45) is 0 Å². The second-order valence-corrected chi connectivity index (χ2v) is 8.98. The van der Waals surface area contributed by atoms with Crippen molar-refractivity contribution in [3.63, 3.8) is 0 Å².